The van der Waals surface area contributed by atoms with Crippen LogP contribution in [0.1, 0.15) is 29.7 Å². The van der Waals surface area contributed by atoms with Crippen LogP contribution in [0.25, 0.3) is 0 Å². The largest absolute Gasteiger partial charge is 0.496 e. The Morgan fingerprint density at radius 2 is 1.95 bits per heavy atom. The lowest BCUT2D eigenvalue weighted by Crippen LogP contribution is -2.19. The quantitative estimate of drug-likeness (QED) is 0.889. The lowest BCUT2D eigenvalue weighted by molar-refractivity contribution is 0.405. The number of ether oxygens (including phenoxy) is 1. The Hall–Kier alpha value is -1.87. The van der Waals surface area contributed by atoms with Gasteiger partial charge in [0, 0.05) is 23.7 Å². The topological polar surface area (TPSA) is 21.3 Å². The Labute approximate surface area is 119 Å². The summed E-state index contributed by atoms with van der Waals surface area (Å²) in [4.78, 5) is 0. The van der Waals surface area contributed by atoms with Gasteiger partial charge in [0.2, 0.25) is 0 Å². The zero-order chi connectivity index (χ0) is 14.5. The van der Waals surface area contributed by atoms with Crippen LogP contribution in [0.3, 0.4) is 0 Å². The summed E-state index contributed by atoms with van der Waals surface area (Å²) >= 11 is 0. The second-order valence-electron chi connectivity index (χ2n) is 4.94. The van der Waals surface area contributed by atoms with E-state index in [9.17, 15) is 4.39 Å². The van der Waals surface area contributed by atoms with E-state index in [2.05, 4.69) is 11.4 Å². The van der Waals surface area contributed by atoms with E-state index in [0.717, 1.165) is 11.3 Å². The fraction of sp³-hybridized carbons (Fsp3) is 0.294. The summed E-state index contributed by atoms with van der Waals surface area (Å²) in [7, 11) is 1.66. The van der Waals surface area contributed by atoms with Gasteiger partial charge in [0.15, 0.2) is 0 Å². The molecule has 0 unspecified atom stereocenters. The maximum atomic E-state index is 13.7. The van der Waals surface area contributed by atoms with Gasteiger partial charge < -0.3 is 10.1 Å². The molecule has 0 bridgehead atoms. The highest BCUT2D eigenvalue weighted by Gasteiger charge is 2.11. The van der Waals surface area contributed by atoms with E-state index in [1.807, 2.05) is 32.0 Å². The molecule has 2 nitrogen and oxygen atoms in total. The van der Waals surface area contributed by atoms with Crippen molar-refractivity contribution in [2.24, 2.45) is 0 Å². The average Bonchev–Trinajstić information content (AvgIpc) is 2.45. The number of halogens is 1. The minimum Gasteiger partial charge on any atom is -0.496 e. The van der Waals surface area contributed by atoms with Crippen molar-refractivity contribution < 1.29 is 9.13 Å². The maximum Gasteiger partial charge on any atom is 0.127 e. The zero-order valence-electron chi connectivity index (χ0n) is 12.1. The summed E-state index contributed by atoms with van der Waals surface area (Å²) in [5, 5.41) is 3.34. The molecule has 2 aromatic rings. The molecule has 2 aromatic carbocycles. The Morgan fingerprint density at radius 1 is 1.20 bits per heavy atom. The number of aryl methyl sites for hydroxylation is 1. The molecule has 0 spiro atoms. The standard InChI is InChI=1S/C17H20FNO/c1-12-8-9-17(20-3)14(10-12)11-19-13(2)15-6-4-5-7-16(15)18/h4-10,13,19H,11H2,1-3H3/t13-/m1/s1. The monoisotopic (exact) mass is 273 g/mol. The van der Waals surface area contributed by atoms with Gasteiger partial charge in [-0.15, -0.1) is 0 Å². The van der Waals surface area contributed by atoms with Crippen molar-refractivity contribution in [2.45, 2.75) is 26.4 Å². The number of benzene rings is 2. The molecule has 0 fully saturated rings. The summed E-state index contributed by atoms with van der Waals surface area (Å²) in [5.74, 6) is 0.674. The van der Waals surface area contributed by atoms with Gasteiger partial charge in [-0.1, -0.05) is 35.9 Å². The van der Waals surface area contributed by atoms with Gasteiger partial charge in [-0.05, 0) is 26.0 Å². The first-order valence-electron chi connectivity index (χ1n) is 6.73. The van der Waals surface area contributed by atoms with E-state index in [1.165, 1.54) is 11.6 Å². The highest BCUT2D eigenvalue weighted by Crippen LogP contribution is 2.21. The van der Waals surface area contributed by atoms with Gasteiger partial charge in [0.25, 0.3) is 0 Å². The molecule has 106 valence electrons. The van der Waals surface area contributed by atoms with Crippen LogP contribution in [0.2, 0.25) is 0 Å². The Kier molecular flexibility index (Phi) is 4.74. The molecule has 0 radical (unpaired) electrons. The summed E-state index contributed by atoms with van der Waals surface area (Å²) in [6, 6.07) is 12.9. The van der Waals surface area contributed by atoms with Crippen LogP contribution < -0.4 is 10.1 Å². The van der Waals surface area contributed by atoms with Crippen LogP contribution in [0.5, 0.6) is 5.75 Å². The molecule has 3 heteroatoms. The van der Waals surface area contributed by atoms with Gasteiger partial charge in [-0.3, -0.25) is 0 Å². The van der Waals surface area contributed by atoms with Crippen LogP contribution in [-0.4, -0.2) is 7.11 Å². The average molecular weight is 273 g/mol. The Morgan fingerprint density at radius 3 is 2.65 bits per heavy atom. The highest BCUT2D eigenvalue weighted by molar-refractivity contribution is 5.37. The molecule has 0 heterocycles. The lowest BCUT2D eigenvalue weighted by Gasteiger charge is -2.16. The first-order valence-corrected chi connectivity index (χ1v) is 6.73. The number of hydrogen-bond acceptors (Lipinski definition) is 2. The number of nitrogens with one attached hydrogen (secondary N) is 1. The summed E-state index contributed by atoms with van der Waals surface area (Å²) in [6.45, 7) is 4.64. The van der Waals surface area contributed by atoms with Crippen molar-refractivity contribution in [2.75, 3.05) is 7.11 Å². The molecule has 0 aromatic heterocycles. The number of methoxy groups -OCH3 is 1. The summed E-state index contributed by atoms with van der Waals surface area (Å²) < 4.78 is 19.1. The van der Waals surface area contributed by atoms with Crippen LogP contribution >= 0.6 is 0 Å². The van der Waals surface area contributed by atoms with Crippen LogP contribution in [-0.2, 0) is 6.54 Å². The van der Waals surface area contributed by atoms with Gasteiger partial charge in [-0.2, -0.15) is 0 Å². The molecule has 0 aliphatic rings. The molecule has 1 atom stereocenters. The van der Waals surface area contributed by atoms with Crippen LogP contribution in [0.15, 0.2) is 42.5 Å². The van der Waals surface area contributed by atoms with E-state index in [-0.39, 0.29) is 11.9 Å². The van der Waals surface area contributed by atoms with Crippen molar-refractivity contribution in [1.29, 1.82) is 0 Å². The van der Waals surface area contributed by atoms with Crippen molar-refractivity contribution in [3.8, 4) is 5.75 Å². The fourth-order valence-electron chi connectivity index (χ4n) is 2.24. The smallest absolute Gasteiger partial charge is 0.127 e. The predicted molar refractivity (Wildman–Crippen MR) is 79.4 cm³/mol. The first-order chi connectivity index (χ1) is 9.61. The van der Waals surface area contributed by atoms with Crippen LogP contribution in [0, 0.1) is 12.7 Å². The first kappa shape index (κ1) is 14.5. The van der Waals surface area contributed by atoms with Gasteiger partial charge in [0.05, 0.1) is 7.11 Å². The molecule has 1 N–H and O–H groups in total. The fourth-order valence-corrected chi connectivity index (χ4v) is 2.24. The number of hydrogen-bond donors (Lipinski definition) is 1. The molecule has 0 aliphatic heterocycles. The minimum atomic E-state index is -0.177. The minimum absolute atomic E-state index is 0.0542. The van der Waals surface area contributed by atoms with E-state index in [1.54, 1.807) is 19.2 Å². The third-order valence-electron chi connectivity index (χ3n) is 3.41. The van der Waals surface area contributed by atoms with E-state index in [0.29, 0.717) is 12.1 Å². The van der Waals surface area contributed by atoms with Gasteiger partial charge in [-0.25, -0.2) is 4.39 Å². The SMILES string of the molecule is COc1ccc(C)cc1CN[C@H](C)c1ccccc1F. The third-order valence-corrected chi connectivity index (χ3v) is 3.41. The maximum absolute atomic E-state index is 13.7. The van der Waals surface area contributed by atoms with Crippen LogP contribution in [0.4, 0.5) is 4.39 Å². The van der Waals surface area contributed by atoms with Crippen molar-refractivity contribution >= 4 is 0 Å². The molecular weight excluding hydrogens is 253 g/mol. The second kappa shape index (κ2) is 6.53. The van der Waals surface area contributed by atoms with E-state index >= 15 is 0 Å². The molecule has 0 saturated heterocycles. The molecule has 20 heavy (non-hydrogen) atoms. The lowest BCUT2D eigenvalue weighted by atomic mass is 10.1. The molecule has 0 saturated carbocycles. The molecule has 0 aliphatic carbocycles. The van der Waals surface area contributed by atoms with Crippen molar-refractivity contribution in [3.63, 3.8) is 0 Å². The Balaban J connectivity index is 2.09. The highest BCUT2D eigenvalue weighted by atomic mass is 19.1. The Bertz CT molecular complexity index is 583. The zero-order valence-corrected chi connectivity index (χ0v) is 12.1. The van der Waals surface area contributed by atoms with Crippen molar-refractivity contribution in [3.05, 3.63) is 65.0 Å². The normalized spacial score (nSPS) is 12.2. The number of rotatable bonds is 5. The predicted octanol–water partition coefficient (Wildman–Crippen LogP) is 3.99. The van der Waals surface area contributed by atoms with E-state index < -0.39 is 0 Å². The van der Waals surface area contributed by atoms with Crippen molar-refractivity contribution in [1.82, 2.24) is 5.32 Å². The summed E-state index contributed by atoms with van der Waals surface area (Å²) in [6.07, 6.45) is 0. The molecule has 0 amide bonds. The molecule has 2 rings (SSSR count). The van der Waals surface area contributed by atoms with Gasteiger partial charge >= 0.3 is 0 Å². The molecular formula is C17H20FNO. The van der Waals surface area contributed by atoms with Gasteiger partial charge in [0.1, 0.15) is 11.6 Å². The third kappa shape index (κ3) is 3.36. The van der Waals surface area contributed by atoms with E-state index in [4.69, 9.17) is 4.74 Å². The summed E-state index contributed by atoms with van der Waals surface area (Å²) in [5.41, 5.74) is 2.94. The second-order valence-corrected chi connectivity index (χ2v) is 4.94.